The summed E-state index contributed by atoms with van der Waals surface area (Å²) in [4.78, 5) is 13.8. The van der Waals surface area contributed by atoms with Gasteiger partial charge in [0.1, 0.15) is 5.75 Å². The van der Waals surface area contributed by atoms with Crippen LogP contribution in [-0.2, 0) is 0 Å². The molecule has 0 aliphatic carbocycles. The van der Waals surface area contributed by atoms with Crippen molar-refractivity contribution in [3.8, 4) is 5.75 Å². The van der Waals surface area contributed by atoms with E-state index in [4.69, 9.17) is 0 Å². The molecule has 16 heavy (non-hydrogen) atoms. The van der Waals surface area contributed by atoms with Crippen LogP contribution in [0.1, 0.15) is 17.3 Å². The molecular weight excluding hydrogens is 385 g/mol. The first-order valence-corrected chi connectivity index (χ1v) is 7.14. The van der Waals surface area contributed by atoms with Crippen LogP contribution < -0.4 is 0 Å². The summed E-state index contributed by atoms with van der Waals surface area (Å²) in [6.45, 7) is 3.27. The van der Waals surface area contributed by atoms with Gasteiger partial charge in [-0.3, -0.25) is 4.79 Å². The van der Waals surface area contributed by atoms with Gasteiger partial charge in [0.05, 0.1) is 3.57 Å². The van der Waals surface area contributed by atoms with E-state index in [9.17, 15) is 9.90 Å². The Kier molecular flexibility index (Phi) is 5.54. The number of phenolic OH excluding ortho intramolecular Hbond substituents is 1. The summed E-state index contributed by atoms with van der Waals surface area (Å²) in [5.74, 6) is 0.106. The summed E-state index contributed by atoms with van der Waals surface area (Å²) >= 11 is 5.34. The first-order chi connectivity index (χ1) is 7.60. The SMILES string of the molecule is CCN(CCBr)C(=O)c1ccc(I)c(O)c1. The summed E-state index contributed by atoms with van der Waals surface area (Å²) in [5.41, 5.74) is 0.528. The monoisotopic (exact) mass is 397 g/mol. The fourth-order valence-corrected chi connectivity index (χ4v) is 2.10. The average Bonchev–Trinajstić information content (AvgIpc) is 2.28. The molecule has 1 aromatic rings. The molecule has 3 nitrogen and oxygen atoms in total. The Labute approximate surface area is 117 Å². The fourth-order valence-electron chi connectivity index (χ4n) is 1.33. The number of rotatable bonds is 4. The molecule has 0 heterocycles. The number of phenols is 1. The van der Waals surface area contributed by atoms with Gasteiger partial charge in [-0.05, 0) is 47.7 Å². The highest BCUT2D eigenvalue weighted by atomic mass is 127. The smallest absolute Gasteiger partial charge is 0.254 e. The van der Waals surface area contributed by atoms with Crippen molar-refractivity contribution in [2.75, 3.05) is 18.4 Å². The van der Waals surface area contributed by atoms with Gasteiger partial charge in [-0.15, -0.1) is 0 Å². The molecule has 0 bridgehead atoms. The van der Waals surface area contributed by atoms with Crippen LogP contribution >= 0.6 is 38.5 Å². The average molecular weight is 398 g/mol. The predicted octanol–water partition coefficient (Wildman–Crippen LogP) is 2.85. The van der Waals surface area contributed by atoms with Crippen LogP contribution in [0.5, 0.6) is 5.75 Å². The summed E-state index contributed by atoms with van der Waals surface area (Å²) < 4.78 is 0.748. The summed E-state index contributed by atoms with van der Waals surface area (Å²) in [6, 6.07) is 4.99. The third kappa shape index (κ3) is 3.35. The Balaban J connectivity index is 2.90. The maximum atomic E-state index is 12.0. The maximum Gasteiger partial charge on any atom is 0.254 e. The fraction of sp³-hybridized carbons (Fsp3) is 0.364. The highest BCUT2D eigenvalue weighted by molar-refractivity contribution is 14.1. The summed E-state index contributed by atoms with van der Waals surface area (Å²) in [6.07, 6.45) is 0. The molecule has 0 fully saturated rings. The number of amides is 1. The van der Waals surface area contributed by atoms with Crippen molar-refractivity contribution in [1.29, 1.82) is 0 Å². The molecule has 1 aromatic carbocycles. The van der Waals surface area contributed by atoms with Crippen molar-refractivity contribution >= 4 is 44.4 Å². The number of hydrogen-bond acceptors (Lipinski definition) is 2. The van der Waals surface area contributed by atoms with Crippen LogP contribution in [0.2, 0.25) is 0 Å². The second kappa shape index (κ2) is 6.44. The van der Waals surface area contributed by atoms with Gasteiger partial charge < -0.3 is 10.0 Å². The number of aromatic hydroxyl groups is 1. The van der Waals surface area contributed by atoms with Gasteiger partial charge >= 0.3 is 0 Å². The van der Waals surface area contributed by atoms with Crippen molar-refractivity contribution in [2.45, 2.75) is 6.92 Å². The van der Waals surface area contributed by atoms with Crippen LogP contribution in [0, 0.1) is 3.57 Å². The van der Waals surface area contributed by atoms with Gasteiger partial charge in [0.15, 0.2) is 0 Å². The molecule has 88 valence electrons. The van der Waals surface area contributed by atoms with E-state index < -0.39 is 0 Å². The second-order valence-electron chi connectivity index (χ2n) is 3.24. The first-order valence-electron chi connectivity index (χ1n) is 4.94. The summed E-state index contributed by atoms with van der Waals surface area (Å²) in [7, 11) is 0. The van der Waals surface area contributed by atoms with E-state index in [2.05, 4.69) is 15.9 Å². The maximum absolute atomic E-state index is 12.0. The van der Waals surface area contributed by atoms with E-state index in [0.29, 0.717) is 18.7 Å². The van der Waals surface area contributed by atoms with Gasteiger partial charge in [0, 0.05) is 24.0 Å². The number of halogens is 2. The normalized spacial score (nSPS) is 10.2. The van der Waals surface area contributed by atoms with E-state index in [1.54, 1.807) is 17.0 Å². The van der Waals surface area contributed by atoms with Crippen LogP contribution in [0.15, 0.2) is 18.2 Å². The molecule has 0 atom stereocenters. The molecule has 1 N–H and O–H groups in total. The van der Waals surface area contributed by atoms with Gasteiger partial charge in [-0.25, -0.2) is 0 Å². The Morgan fingerprint density at radius 2 is 2.25 bits per heavy atom. The molecule has 1 rings (SSSR count). The van der Waals surface area contributed by atoms with Crippen molar-refractivity contribution in [3.05, 3.63) is 27.3 Å². The van der Waals surface area contributed by atoms with Gasteiger partial charge in [-0.2, -0.15) is 0 Å². The van der Waals surface area contributed by atoms with Crippen molar-refractivity contribution in [3.63, 3.8) is 0 Å². The standard InChI is InChI=1S/C11H13BrINO2/c1-2-14(6-5-12)11(16)8-3-4-9(13)10(15)7-8/h3-4,7,15H,2,5-6H2,1H3. The molecule has 0 saturated heterocycles. The minimum atomic E-state index is -0.0475. The topological polar surface area (TPSA) is 40.5 Å². The van der Waals surface area contributed by atoms with E-state index in [-0.39, 0.29) is 11.7 Å². The van der Waals surface area contributed by atoms with Gasteiger partial charge in [-0.1, -0.05) is 15.9 Å². The van der Waals surface area contributed by atoms with E-state index in [0.717, 1.165) is 8.90 Å². The largest absolute Gasteiger partial charge is 0.507 e. The molecule has 0 aromatic heterocycles. The number of carbonyl (C=O) groups is 1. The zero-order chi connectivity index (χ0) is 12.1. The third-order valence-corrected chi connectivity index (χ3v) is 3.48. The Hall–Kier alpha value is -0.300. The number of benzene rings is 1. The van der Waals surface area contributed by atoms with Crippen LogP contribution in [0.25, 0.3) is 0 Å². The number of carbonyl (C=O) groups excluding carboxylic acids is 1. The summed E-state index contributed by atoms with van der Waals surface area (Å²) in [5, 5.41) is 10.3. The van der Waals surface area contributed by atoms with Crippen molar-refractivity contribution < 1.29 is 9.90 Å². The lowest BCUT2D eigenvalue weighted by Crippen LogP contribution is -2.32. The predicted molar refractivity (Wildman–Crippen MR) is 76.2 cm³/mol. The molecule has 0 unspecified atom stereocenters. The second-order valence-corrected chi connectivity index (χ2v) is 5.20. The molecule has 5 heteroatoms. The zero-order valence-electron chi connectivity index (χ0n) is 8.91. The van der Waals surface area contributed by atoms with Crippen molar-refractivity contribution in [2.24, 2.45) is 0 Å². The van der Waals surface area contributed by atoms with Gasteiger partial charge in [0.25, 0.3) is 5.91 Å². The van der Waals surface area contributed by atoms with Crippen LogP contribution in [0.4, 0.5) is 0 Å². The Morgan fingerprint density at radius 1 is 1.56 bits per heavy atom. The van der Waals surface area contributed by atoms with E-state index >= 15 is 0 Å². The number of alkyl halides is 1. The van der Waals surface area contributed by atoms with Crippen LogP contribution in [0.3, 0.4) is 0 Å². The molecule has 0 spiro atoms. The molecule has 0 saturated carbocycles. The third-order valence-electron chi connectivity index (χ3n) is 2.22. The van der Waals surface area contributed by atoms with Gasteiger partial charge in [0.2, 0.25) is 0 Å². The molecule has 0 radical (unpaired) electrons. The molecule has 1 amide bonds. The quantitative estimate of drug-likeness (QED) is 0.626. The minimum absolute atomic E-state index is 0.0475. The van der Waals surface area contributed by atoms with Crippen molar-refractivity contribution in [1.82, 2.24) is 4.90 Å². The Morgan fingerprint density at radius 3 is 2.75 bits per heavy atom. The highest BCUT2D eigenvalue weighted by Crippen LogP contribution is 2.21. The lowest BCUT2D eigenvalue weighted by Gasteiger charge is -2.19. The van der Waals surface area contributed by atoms with E-state index in [1.807, 2.05) is 29.5 Å². The first kappa shape index (κ1) is 13.8. The molecular formula is C11H13BrINO2. The Bertz CT molecular complexity index is 384. The molecule has 0 aliphatic heterocycles. The lowest BCUT2D eigenvalue weighted by atomic mass is 10.2. The zero-order valence-corrected chi connectivity index (χ0v) is 12.7. The number of nitrogens with zero attached hydrogens (tertiary/aromatic N) is 1. The van der Waals surface area contributed by atoms with E-state index in [1.165, 1.54) is 6.07 Å². The highest BCUT2D eigenvalue weighted by Gasteiger charge is 2.14. The lowest BCUT2D eigenvalue weighted by molar-refractivity contribution is 0.0774. The van der Waals surface area contributed by atoms with Crippen LogP contribution in [-0.4, -0.2) is 34.3 Å². The number of hydrogen-bond donors (Lipinski definition) is 1. The molecule has 0 aliphatic rings. The minimum Gasteiger partial charge on any atom is -0.507 e.